The van der Waals surface area contributed by atoms with Crippen LogP contribution < -0.4 is 5.32 Å². The molecule has 23 heavy (non-hydrogen) atoms. The van der Waals surface area contributed by atoms with Gasteiger partial charge in [-0.05, 0) is 49.9 Å². The molecule has 2 aromatic rings. The van der Waals surface area contributed by atoms with Crippen molar-refractivity contribution in [1.29, 1.82) is 0 Å². The van der Waals surface area contributed by atoms with Gasteiger partial charge in [-0.1, -0.05) is 12.1 Å². The van der Waals surface area contributed by atoms with E-state index in [2.05, 4.69) is 53.6 Å². The van der Waals surface area contributed by atoms with Crippen LogP contribution in [0.25, 0.3) is 10.9 Å². The lowest BCUT2D eigenvalue weighted by Gasteiger charge is -2.47. The highest BCUT2D eigenvalue weighted by molar-refractivity contribution is 5.88. The van der Waals surface area contributed by atoms with Crippen molar-refractivity contribution in [3.05, 3.63) is 35.5 Å². The van der Waals surface area contributed by atoms with Crippen molar-refractivity contribution in [2.24, 2.45) is 5.92 Å². The number of nitrogens with one attached hydrogen (secondary N) is 2. The van der Waals surface area contributed by atoms with Crippen molar-refractivity contribution < 1.29 is 4.79 Å². The molecule has 1 aromatic heterocycles. The number of benzene rings is 1. The summed E-state index contributed by atoms with van der Waals surface area (Å²) in [4.78, 5) is 17.3. The Morgan fingerprint density at radius 2 is 2.26 bits per heavy atom. The van der Waals surface area contributed by atoms with Gasteiger partial charge in [0.1, 0.15) is 0 Å². The van der Waals surface area contributed by atoms with Crippen LogP contribution in [0.4, 0.5) is 0 Å². The second kappa shape index (κ2) is 5.38. The topological polar surface area (TPSA) is 48.1 Å². The molecule has 1 fully saturated rings. The van der Waals surface area contributed by atoms with E-state index in [9.17, 15) is 4.79 Å². The molecule has 1 aromatic carbocycles. The number of fused-ring (bicyclic) bond motifs is 2. The summed E-state index contributed by atoms with van der Waals surface area (Å²) in [7, 11) is 2.24. The molecular weight excluding hydrogens is 286 g/mol. The Morgan fingerprint density at radius 3 is 3.04 bits per heavy atom. The Hall–Kier alpha value is -1.81. The third-order valence-electron chi connectivity index (χ3n) is 5.90. The van der Waals surface area contributed by atoms with E-state index in [4.69, 9.17) is 0 Å². The predicted octanol–water partition coefficient (Wildman–Crippen LogP) is 2.65. The standard InChI is InChI=1S/C19H25N3O/c1-11(21-12(2)23)14-7-16-15-5-4-6-17-19(15)13(9-20-17)8-18(16)22(3)10-14/h4-6,9,11,14,16,18,20H,7-8,10H2,1-3H3,(H,21,23)/t11-,14-,16?,18-/m1/s1. The summed E-state index contributed by atoms with van der Waals surface area (Å²) in [5.41, 5.74) is 4.20. The van der Waals surface area contributed by atoms with Crippen LogP contribution in [0.2, 0.25) is 0 Å². The number of hydrogen-bond acceptors (Lipinski definition) is 2. The summed E-state index contributed by atoms with van der Waals surface area (Å²) < 4.78 is 0. The van der Waals surface area contributed by atoms with E-state index in [0.29, 0.717) is 17.9 Å². The average molecular weight is 311 g/mol. The number of piperidine rings is 1. The Balaban J connectivity index is 1.69. The highest BCUT2D eigenvalue weighted by Gasteiger charge is 2.40. The molecule has 2 aliphatic rings. The molecule has 2 N–H and O–H groups in total. The number of hydrogen-bond donors (Lipinski definition) is 2. The summed E-state index contributed by atoms with van der Waals surface area (Å²) in [5.74, 6) is 1.13. The summed E-state index contributed by atoms with van der Waals surface area (Å²) in [6, 6.07) is 7.44. The molecule has 1 aliphatic carbocycles. The monoisotopic (exact) mass is 311 g/mol. The van der Waals surface area contributed by atoms with Gasteiger partial charge in [-0.3, -0.25) is 4.79 Å². The molecule has 2 heterocycles. The molecule has 1 unspecified atom stereocenters. The zero-order chi connectivity index (χ0) is 16.1. The Labute approximate surface area is 137 Å². The lowest BCUT2D eigenvalue weighted by molar-refractivity contribution is -0.120. The van der Waals surface area contributed by atoms with E-state index in [0.717, 1.165) is 19.4 Å². The predicted molar refractivity (Wildman–Crippen MR) is 92.5 cm³/mol. The zero-order valence-corrected chi connectivity index (χ0v) is 14.1. The van der Waals surface area contributed by atoms with Gasteiger partial charge in [0, 0.05) is 48.6 Å². The van der Waals surface area contributed by atoms with Gasteiger partial charge in [0.25, 0.3) is 0 Å². The van der Waals surface area contributed by atoms with Crippen LogP contribution >= 0.6 is 0 Å². The number of carbonyl (C=O) groups excluding carboxylic acids is 1. The average Bonchev–Trinajstić information content (AvgIpc) is 2.92. The van der Waals surface area contributed by atoms with Crippen LogP contribution in [-0.2, 0) is 11.2 Å². The lowest BCUT2D eigenvalue weighted by atomic mass is 9.71. The molecule has 1 saturated heterocycles. The number of likely N-dealkylation sites (N-methyl/N-ethyl adjacent to an activating group) is 1. The molecule has 1 amide bonds. The summed E-state index contributed by atoms with van der Waals surface area (Å²) >= 11 is 0. The van der Waals surface area contributed by atoms with Crippen molar-refractivity contribution in [2.75, 3.05) is 13.6 Å². The first-order chi connectivity index (χ1) is 11.0. The largest absolute Gasteiger partial charge is 0.361 e. The van der Waals surface area contributed by atoms with Gasteiger partial charge in [-0.2, -0.15) is 0 Å². The van der Waals surface area contributed by atoms with Gasteiger partial charge in [0.2, 0.25) is 5.91 Å². The van der Waals surface area contributed by atoms with Crippen molar-refractivity contribution in [3.63, 3.8) is 0 Å². The molecule has 4 rings (SSSR count). The maximum Gasteiger partial charge on any atom is 0.217 e. The third kappa shape index (κ3) is 2.36. The van der Waals surface area contributed by atoms with Crippen LogP contribution in [0.3, 0.4) is 0 Å². The number of aromatic amines is 1. The van der Waals surface area contributed by atoms with E-state index in [1.165, 1.54) is 22.0 Å². The zero-order valence-electron chi connectivity index (χ0n) is 14.1. The van der Waals surface area contributed by atoms with E-state index >= 15 is 0 Å². The first-order valence-corrected chi connectivity index (χ1v) is 8.61. The van der Waals surface area contributed by atoms with Gasteiger partial charge in [0.05, 0.1) is 0 Å². The number of carbonyl (C=O) groups is 1. The maximum atomic E-state index is 11.4. The fourth-order valence-electron chi connectivity index (χ4n) is 4.78. The summed E-state index contributed by atoms with van der Waals surface area (Å²) in [6.07, 6.45) is 4.46. The molecule has 0 radical (unpaired) electrons. The molecule has 4 atom stereocenters. The first-order valence-electron chi connectivity index (χ1n) is 8.61. The molecule has 4 nitrogen and oxygen atoms in total. The van der Waals surface area contributed by atoms with Gasteiger partial charge in [-0.15, -0.1) is 0 Å². The van der Waals surface area contributed by atoms with Gasteiger partial charge < -0.3 is 15.2 Å². The highest BCUT2D eigenvalue weighted by atomic mass is 16.1. The highest BCUT2D eigenvalue weighted by Crippen LogP contribution is 2.44. The number of H-pyrrole nitrogens is 1. The maximum absolute atomic E-state index is 11.4. The van der Waals surface area contributed by atoms with Crippen molar-refractivity contribution in [3.8, 4) is 0 Å². The summed E-state index contributed by atoms with van der Waals surface area (Å²) in [6.45, 7) is 4.81. The van der Waals surface area contributed by atoms with Crippen LogP contribution in [-0.4, -0.2) is 41.5 Å². The van der Waals surface area contributed by atoms with Gasteiger partial charge in [0.15, 0.2) is 0 Å². The molecule has 0 saturated carbocycles. The van der Waals surface area contributed by atoms with Crippen LogP contribution in [0.5, 0.6) is 0 Å². The van der Waals surface area contributed by atoms with Gasteiger partial charge >= 0.3 is 0 Å². The first kappa shape index (κ1) is 14.8. The minimum atomic E-state index is 0.0703. The SMILES string of the molecule is CC(=O)N[C@H](C)[C@@H]1CC2c3cccc4[nH]cc(c34)C[C@H]2N(C)C1. The minimum Gasteiger partial charge on any atom is -0.361 e. The smallest absolute Gasteiger partial charge is 0.217 e. The number of nitrogens with zero attached hydrogens (tertiary/aromatic N) is 1. The fourth-order valence-corrected chi connectivity index (χ4v) is 4.78. The van der Waals surface area contributed by atoms with E-state index in [-0.39, 0.29) is 11.9 Å². The van der Waals surface area contributed by atoms with Crippen molar-refractivity contribution in [2.45, 2.75) is 44.7 Å². The number of amides is 1. The molecule has 0 spiro atoms. The second-order valence-corrected chi connectivity index (χ2v) is 7.39. The molecule has 0 bridgehead atoms. The Bertz CT molecular complexity index is 750. The number of likely N-dealkylation sites (tertiary alicyclic amines) is 1. The Morgan fingerprint density at radius 1 is 1.43 bits per heavy atom. The fraction of sp³-hybridized carbons (Fsp3) is 0.526. The quantitative estimate of drug-likeness (QED) is 0.896. The van der Waals surface area contributed by atoms with Crippen molar-refractivity contribution >= 4 is 16.8 Å². The molecule has 4 heteroatoms. The third-order valence-corrected chi connectivity index (χ3v) is 5.90. The molecular formula is C19H25N3O. The minimum absolute atomic E-state index is 0.0703. The van der Waals surface area contributed by atoms with E-state index in [1.807, 2.05) is 0 Å². The van der Waals surface area contributed by atoms with Crippen LogP contribution in [0.1, 0.15) is 37.3 Å². The Kier molecular flexibility index (Phi) is 3.45. The lowest BCUT2D eigenvalue weighted by Crippen LogP contribution is -2.52. The summed E-state index contributed by atoms with van der Waals surface area (Å²) in [5, 5.41) is 4.54. The number of rotatable bonds is 2. The van der Waals surface area contributed by atoms with E-state index in [1.54, 1.807) is 6.92 Å². The normalized spacial score (nSPS) is 28.4. The molecule has 1 aliphatic heterocycles. The number of aromatic nitrogens is 1. The van der Waals surface area contributed by atoms with Crippen LogP contribution in [0, 0.1) is 5.92 Å². The van der Waals surface area contributed by atoms with E-state index < -0.39 is 0 Å². The second-order valence-electron chi connectivity index (χ2n) is 7.39. The van der Waals surface area contributed by atoms with Crippen LogP contribution in [0.15, 0.2) is 24.4 Å². The molecule has 122 valence electrons. The van der Waals surface area contributed by atoms with Gasteiger partial charge in [-0.25, -0.2) is 0 Å². The van der Waals surface area contributed by atoms with Crippen molar-refractivity contribution in [1.82, 2.24) is 15.2 Å².